The van der Waals surface area contributed by atoms with Gasteiger partial charge in [0.15, 0.2) is 0 Å². The summed E-state index contributed by atoms with van der Waals surface area (Å²) in [4.78, 5) is 4.31. The van der Waals surface area contributed by atoms with Gasteiger partial charge in [0.1, 0.15) is 6.67 Å². The predicted octanol–water partition coefficient (Wildman–Crippen LogP) is 2.97. The zero-order valence-corrected chi connectivity index (χ0v) is 10.7. The highest BCUT2D eigenvalue weighted by Gasteiger charge is 2.13. The number of hydrogen-bond donors (Lipinski definition) is 1. The van der Waals surface area contributed by atoms with E-state index >= 15 is 0 Å². The van der Waals surface area contributed by atoms with Crippen molar-refractivity contribution in [2.45, 2.75) is 19.6 Å². The average Bonchev–Trinajstić information content (AvgIpc) is 2.47. The third-order valence-electron chi connectivity index (χ3n) is 2.89. The van der Waals surface area contributed by atoms with Crippen LogP contribution in [0.2, 0.25) is 0 Å². The van der Waals surface area contributed by atoms with Crippen molar-refractivity contribution in [1.82, 2.24) is 4.98 Å². The van der Waals surface area contributed by atoms with Crippen molar-refractivity contribution in [3.8, 4) is 11.8 Å². The van der Waals surface area contributed by atoms with Gasteiger partial charge in [-0.25, -0.2) is 4.39 Å². The zero-order valence-electron chi connectivity index (χ0n) is 10.7. The maximum atomic E-state index is 12.5. The van der Waals surface area contributed by atoms with Crippen molar-refractivity contribution in [2.75, 3.05) is 0 Å². The largest absolute Gasteiger partial charge is 0.319 e. The van der Waals surface area contributed by atoms with Crippen LogP contribution in [0.5, 0.6) is 0 Å². The van der Waals surface area contributed by atoms with Crippen molar-refractivity contribution in [1.29, 1.82) is 0 Å². The summed E-state index contributed by atoms with van der Waals surface area (Å²) in [7, 11) is 0. The maximum Gasteiger partial charge on any atom is 0.115 e. The van der Waals surface area contributed by atoms with Gasteiger partial charge in [-0.2, -0.15) is 0 Å². The Labute approximate surface area is 112 Å². The molecule has 2 nitrogen and oxygen atoms in total. The smallest absolute Gasteiger partial charge is 0.115 e. The minimum atomic E-state index is -0.467. The van der Waals surface area contributed by atoms with Gasteiger partial charge in [0.25, 0.3) is 0 Å². The number of alkyl halides is 1. The molecule has 2 N–H and O–H groups in total. The van der Waals surface area contributed by atoms with Gasteiger partial charge in [-0.1, -0.05) is 30.2 Å². The van der Waals surface area contributed by atoms with Crippen LogP contribution in [0.4, 0.5) is 4.39 Å². The molecule has 0 spiro atoms. The molecular formula is C16H15FN2. The van der Waals surface area contributed by atoms with Crippen LogP contribution >= 0.6 is 0 Å². The number of pyridine rings is 1. The fourth-order valence-electron chi connectivity index (χ4n) is 1.88. The van der Waals surface area contributed by atoms with Gasteiger partial charge in [0.2, 0.25) is 0 Å². The van der Waals surface area contributed by atoms with Gasteiger partial charge in [0.05, 0.1) is 11.7 Å². The highest BCUT2D eigenvalue weighted by atomic mass is 19.1. The molecule has 0 aliphatic carbocycles. The van der Waals surface area contributed by atoms with E-state index in [1.54, 1.807) is 25.3 Å². The van der Waals surface area contributed by atoms with Crippen LogP contribution in [0.1, 0.15) is 35.3 Å². The fourth-order valence-corrected chi connectivity index (χ4v) is 1.88. The Bertz CT molecular complexity index is 609. The first-order chi connectivity index (χ1) is 9.26. The van der Waals surface area contributed by atoms with Crippen molar-refractivity contribution < 1.29 is 4.39 Å². The lowest BCUT2D eigenvalue weighted by Crippen LogP contribution is -2.15. The van der Waals surface area contributed by atoms with E-state index in [9.17, 15) is 4.39 Å². The third-order valence-corrected chi connectivity index (χ3v) is 2.89. The molecular weight excluding hydrogens is 239 g/mol. The van der Waals surface area contributed by atoms with Crippen LogP contribution in [0.25, 0.3) is 0 Å². The first-order valence-corrected chi connectivity index (χ1v) is 6.04. The van der Waals surface area contributed by atoms with Gasteiger partial charge < -0.3 is 5.73 Å². The van der Waals surface area contributed by atoms with Gasteiger partial charge >= 0.3 is 0 Å². The topological polar surface area (TPSA) is 38.9 Å². The number of benzene rings is 1. The number of halogens is 1. The lowest BCUT2D eigenvalue weighted by molar-refractivity contribution is 0.485. The van der Waals surface area contributed by atoms with E-state index in [0.717, 1.165) is 16.8 Å². The SMILES string of the molecule is CC#Cc1cccnc1[C@@H](N)c1ccc(CF)cc1. The molecule has 2 aromatic rings. The summed E-state index contributed by atoms with van der Waals surface area (Å²) in [6.07, 6.45) is 1.70. The van der Waals surface area contributed by atoms with E-state index in [1.165, 1.54) is 0 Å². The molecule has 0 fully saturated rings. The Morgan fingerprint density at radius 3 is 2.63 bits per heavy atom. The standard InChI is InChI=1S/C16H15FN2/c1-2-4-14-5-3-10-19-16(14)15(18)13-8-6-12(11-17)7-9-13/h3,5-10,15H,11,18H2,1H3/t15-/m0/s1. The number of nitrogens with zero attached hydrogens (tertiary/aromatic N) is 1. The Hall–Kier alpha value is -2.18. The number of aromatic nitrogens is 1. The van der Waals surface area contributed by atoms with Crippen molar-refractivity contribution in [3.63, 3.8) is 0 Å². The second-order valence-electron chi connectivity index (χ2n) is 4.16. The van der Waals surface area contributed by atoms with Crippen molar-refractivity contribution in [2.24, 2.45) is 5.73 Å². The lowest BCUT2D eigenvalue weighted by atomic mass is 9.99. The Morgan fingerprint density at radius 1 is 1.26 bits per heavy atom. The second kappa shape index (κ2) is 6.12. The summed E-state index contributed by atoms with van der Waals surface area (Å²) in [6.45, 7) is 1.31. The minimum absolute atomic E-state index is 0.356. The molecule has 0 aliphatic rings. The van der Waals surface area contributed by atoms with Gasteiger partial charge in [-0.05, 0) is 30.2 Å². The van der Waals surface area contributed by atoms with Crippen LogP contribution in [-0.2, 0) is 6.67 Å². The van der Waals surface area contributed by atoms with Crippen LogP contribution < -0.4 is 5.73 Å². The van der Waals surface area contributed by atoms with E-state index < -0.39 is 6.67 Å². The molecule has 0 radical (unpaired) electrons. The molecule has 3 heteroatoms. The highest BCUT2D eigenvalue weighted by molar-refractivity contribution is 5.42. The lowest BCUT2D eigenvalue weighted by Gasteiger charge is -2.13. The molecule has 1 aromatic carbocycles. The van der Waals surface area contributed by atoms with E-state index in [1.807, 2.05) is 24.3 Å². The number of nitrogens with two attached hydrogens (primary N) is 1. The number of hydrogen-bond acceptors (Lipinski definition) is 2. The quantitative estimate of drug-likeness (QED) is 0.855. The first kappa shape index (κ1) is 13.3. The molecule has 2 rings (SSSR count). The number of rotatable bonds is 3. The molecule has 0 bridgehead atoms. The summed E-state index contributed by atoms with van der Waals surface area (Å²) >= 11 is 0. The zero-order chi connectivity index (χ0) is 13.7. The van der Waals surface area contributed by atoms with E-state index in [-0.39, 0.29) is 6.04 Å². The Balaban J connectivity index is 2.36. The molecule has 1 atom stereocenters. The van der Waals surface area contributed by atoms with Gasteiger partial charge in [-0.15, -0.1) is 5.92 Å². The monoisotopic (exact) mass is 254 g/mol. The van der Waals surface area contributed by atoms with Crippen LogP contribution in [0.3, 0.4) is 0 Å². The summed E-state index contributed by atoms with van der Waals surface area (Å²) in [5.41, 5.74) is 9.32. The van der Waals surface area contributed by atoms with Gasteiger partial charge in [-0.3, -0.25) is 4.98 Å². The van der Waals surface area contributed by atoms with Crippen LogP contribution in [0, 0.1) is 11.8 Å². The highest BCUT2D eigenvalue weighted by Crippen LogP contribution is 2.21. The summed E-state index contributed by atoms with van der Waals surface area (Å²) < 4.78 is 12.5. The predicted molar refractivity (Wildman–Crippen MR) is 74.1 cm³/mol. The fraction of sp³-hybridized carbons (Fsp3) is 0.188. The van der Waals surface area contributed by atoms with Crippen molar-refractivity contribution in [3.05, 3.63) is 65.0 Å². The van der Waals surface area contributed by atoms with Crippen LogP contribution in [0.15, 0.2) is 42.6 Å². The summed E-state index contributed by atoms with van der Waals surface area (Å²) in [6, 6.07) is 10.5. The van der Waals surface area contributed by atoms with Gasteiger partial charge in [0, 0.05) is 11.8 Å². The molecule has 0 aliphatic heterocycles. The van der Waals surface area contributed by atoms with Crippen LogP contribution in [-0.4, -0.2) is 4.98 Å². The molecule has 19 heavy (non-hydrogen) atoms. The average molecular weight is 254 g/mol. The summed E-state index contributed by atoms with van der Waals surface area (Å²) in [5, 5.41) is 0. The second-order valence-corrected chi connectivity index (χ2v) is 4.16. The molecule has 0 saturated heterocycles. The van der Waals surface area contributed by atoms with E-state index in [0.29, 0.717) is 5.56 Å². The third kappa shape index (κ3) is 2.98. The van der Waals surface area contributed by atoms with E-state index in [2.05, 4.69) is 16.8 Å². The first-order valence-electron chi connectivity index (χ1n) is 6.04. The molecule has 0 unspecified atom stereocenters. The normalized spacial score (nSPS) is 11.5. The minimum Gasteiger partial charge on any atom is -0.319 e. The molecule has 0 amide bonds. The molecule has 1 aromatic heterocycles. The maximum absolute atomic E-state index is 12.5. The van der Waals surface area contributed by atoms with Crippen molar-refractivity contribution >= 4 is 0 Å². The van der Waals surface area contributed by atoms with E-state index in [4.69, 9.17) is 5.73 Å². The molecule has 0 saturated carbocycles. The molecule has 96 valence electrons. The Kier molecular flexibility index (Phi) is 4.27. The Morgan fingerprint density at radius 2 is 2.00 bits per heavy atom. The molecule has 1 heterocycles. The summed E-state index contributed by atoms with van der Waals surface area (Å²) in [5.74, 6) is 5.85.